The number of carboxylic acid groups (broad SMARTS) is 1. The van der Waals surface area contributed by atoms with Crippen LogP contribution in [0.1, 0.15) is 25.5 Å². The first kappa shape index (κ1) is 14.8. The van der Waals surface area contributed by atoms with Crippen LogP contribution in [0.3, 0.4) is 0 Å². The van der Waals surface area contributed by atoms with Crippen molar-refractivity contribution < 1.29 is 24.5 Å². The first-order chi connectivity index (χ1) is 8.36. The van der Waals surface area contributed by atoms with Gasteiger partial charge in [0.05, 0.1) is 13.2 Å². The van der Waals surface area contributed by atoms with Crippen LogP contribution < -0.4 is 9.47 Å². The number of ether oxygens (including phenoxy) is 2. The first-order valence-corrected chi connectivity index (χ1v) is 6.11. The molecule has 1 aromatic rings. The van der Waals surface area contributed by atoms with Crippen LogP contribution in [0.25, 0.3) is 0 Å². The molecule has 0 bridgehead atoms. The van der Waals surface area contributed by atoms with E-state index >= 15 is 0 Å². The summed E-state index contributed by atoms with van der Waals surface area (Å²) in [6.45, 7) is 3.61. The van der Waals surface area contributed by atoms with Crippen LogP contribution in [0.15, 0.2) is 16.6 Å². The van der Waals surface area contributed by atoms with Crippen molar-refractivity contribution in [1.82, 2.24) is 0 Å². The highest BCUT2D eigenvalue weighted by molar-refractivity contribution is 9.10. The van der Waals surface area contributed by atoms with Gasteiger partial charge < -0.3 is 19.7 Å². The normalized spacial score (nSPS) is 12.3. The summed E-state index contributed by atoms with van der Waals surface area (Å²) in [7, 11) is 1.45. The lowest BCUT2D eigenvalue weighted by atomic mass is 10.1. The van der Waals surface area contributed by atoms with Crippen molar-refractivity contribution in [2.75, 3.05) is 7.11 Å². The maximum atomic E-state index is 10.9. The minimum absolute atomic E-state index is 0.155. The highest BCUT2D eigenvalue weighted by atomic mass is 79.9. The molecule has 0 heterocycles. The van der Waals surface area contributed by atoms with Gasteiger partial charge in [0, 0.05) is 10.0 Å². The maximum Gasteiger partial charge on any atom is 0.337 e. The predicted molar refractivity (Wildman–Crippen MR) is 69.1 cm³/mol. The second-order valence-electron chi connectivity index (χ2n) is 3.93. The van der Waals surface area contributed by atoms with E-state index in [0.29, 0.717) is 10.2 Å². The van der Waals surface area contributed by atoms with Crippen molar-refractivity contribution in [2.45, 2.75) is 26.1 Å². The second kappa shape index (κ2) is 6.06. The predicted octanol–water partition coefficient (Wildman–Crippen LogP) is 2.36. The van der Waals surface area contributed by atoms with Crippen LogP contribution >= 0.6 is 15.9 Å². The van der Waals surface area contributed by atoms with Gasteiger partial charge in [-0.15, -0.1) is 0 Å². The van der Waals surface area contributed by atoms with Crippen molar-refractivity contribution in [3.8, 4) is 11.5 Å². The number of carbonyl (C=O) groups is 1. The second-order valence-corrected chi connectivity index (χ2v) is 4.85. The van der Waals surface area contributed by atoms with Crippen molar-refractivity contribution in [3.63, 3.8) is 0 Å². The van der Waals surface area contributed by atoms with E-state index in [1.807, 2.05) is 0 Å². The van der Waals surface area contributed by atoms with Crippen LogP contribution in [0, 0.1) is 0 Å². The van der Waals surface area contributed by atoms with E-state index in [4.69, 9.17) is 14.6 Å². The average Bonchev–Trinajstić information content (AvgIpc) is 2.29. The number of halogens is 1. The smallest absolute Gasteiger partial charge is 0.337 e. The third-order valence-corrected chi connectivity index (χ3v) is 2.61. The number of aliphatic hydroxyl groups excluding tert-OH is 1. The Morgan fingerprint density at radius 3 is 2.44 bits per heavy atom. The standard InChI is InChI=1S/C12H15BrO5/c1-6(2)18-11-8(10(14)12(15)16)4-7(13)5-9(11)17-3/h4-6,10,14H,1-3H3,(H,15,16). The van der Waals surface area contributed by atoms with E-state index in [0.717, 1.165) is 0 Å². The van der Waals surface area contributed by atoms with E-state index in [-0.39, 0.29) is 17.4 Å². The summed E-state index contributed by atoms with van der Waals surface area (Å²) in [4.78, 5) is 10.9. The lowest BCUT2D eigenvalue weighted by molar-refractivity contribution is -0.147. The Bertz CT molecular complexity index is 444. The van der Waals surface area contributed by atoms with Crippen LogP contribution in [0.2, 0.25) is 0 Å². The van der Waals surface area contributed by atoms with Gasteiger partial charge in [-0.2, -0.15) is 0 Å². The molecule has 1 rings (SSSR count). The lowest BCUT2D eigenvalue weighted by Crippen LogP contribution is -2.15. The van der Waals surface area contributed by atoms with E-state index in [2.05, 4.69) is 15.9 Å². The molecule has 2 N–H and O–H groups in total. The highest BCUT2D eigenvalue weighted by Gasteiger charge is 2.24. The maximum absolute atomic E-state index is 10.9. The Hall–Kier alpha value is -1.27. The largest absolute Gasteiger partial charge is 0.493 e. The first-order valence-electron chi connectivity index (χ1n) is 5.31. The Labute approximate surface area is 113 Å². The summed E-state index contributed by atoms with van der Waals surface area (Å²) in [5, 5.41) is 18.6. The van der Waals surface area contributed by atoms with Crippen LogP contribution in [0.5, 0.6) is 11.5 Å². The van der Waals surface area contributed by atoms with Gasteiger partial charge in [-0.1, -0.05) is 15.9 Å². The number of rotatable bonds is 5. The number of carboxylic acids is 1. The van der Waals surface area contributed by atoms with Crippen molar-refractivity contribution in [1.29, 1.82) is 0 Å². The van der Waals surface area contributed by atoms with Crippen molar-refractivity contribution >= 4 is 21.9 Å². The summed E-state index contributed by atoms with van der Waals surface area (Å²) >= 11 is 3.23. The van der Waals surface area contributed by atoms with Gasteiger partial charge in [0.2, 0.25) is 0 Å². The monoisotopic (exact) mass is 318 g/mol. The molecule has 0 aliphatic heterocycles. The molecule has 0 radical (unpaired) electrons. The Kier molecular flexibility index (Phi) is 4.98. The van der Waals surface area contributed by atoms with Gasteiger partial charge >= 0.3 is 5.97 Å². The number of hydrogen-bond acceptors (Lipinski definition) is 4. The summed E-state index contributed by atoms with van der Waals surface area (Å²) in [6.07, 6.45) is -1.83. The van der Waals surface area contributed by atoms with Crippen LogP contribution in [-0.2, 0) is 4.79 Å². The molecule has 0 spiro atoms. The third kappa shape index (κ3) is 3.36. The van der Waals surface area contributed by atoms with E-state index in [1.165, 1.54) is 13.2 Å². The summed E-state index contributed by atoms with van der Waals surface area (Å²) in [5.41, 5.74) is 0.155. The number of hydrogen-bond donors (Lipinski definition) is 2. The molecule has 0 saturated heterocycles. The molecule has 0 saturated carbocycles. The SMILES string of the molecule is COc1cc(Br)cc(C(O)C(=O)O)c1OC(C)C. The summed E-state index contributed by atoms with van der Waals surface area (Å²) < 4.78 is 11.3. The Morgan fingerprint density at radius 1 is 1.39 bits per heavy atom. The van der Waals surface area contributed by atoms with Crippen molar-refractivity contribution in [3.05, 3.63) is 22.2 Å². The molecule has 6 heteroatoms. The quantitative estimate of drug-likeness (QED) is 0.871. The third-order valence-electron chi connectivity index (χ3n) is 2.15. The van der Waals surface area contributed by atoms with Gasteiger partial charge in [0.1, 0.15) is 0 Å². The zero-order valence-electron chi connectivity index (χ0n) is 10.3. The number of aliphatic carboxylic acids is 1. The summed E-state index contributed by atoms with van der Waals surface area (Å²) in [5.74, 6) is -0.734. The molecule has 0 aliphatic carbocycles. The summed E-state index contributed by atoms with van der Waals surface area (Å²) in [6, 6.07) is 3.15. The van der Waals surface area contributed by atoms with E-state index in [9.17, 15) is 9.90 Å². The van der Waals surface area contributed by atoms with Crippen LogP contribution in [-0.4, -0.2) is 29.4 Å². The van der Waals surface area contributed by atoms with E-state index in [1.54, 1.807) is 19.9 Å². The Balaban J connectivity index is 3.36. The van der Waals surface area contributed by atoms with Crippen LogP contribution in [0.4, 0.5) is 0 Å². The molecule has 18 heavy (non-hydrogen) atoms. The van der Waals surface area contributed by atoms with Gasteiger partial charge in [-0.05, 0) is 26.0 Å². The number of methoxy groups -OCH3 is 1. The molecular weight excluding hydrogens is 304 g/mol. The molecule has 0 aromatic heterocycles. The highest BCUT2D eigenvalue weighted by Crippen LogP contribution is 2.38. The van der Waals surface area contributed by atoms with Gasteiger partial charge in [-0.25, -0.2) is 4.79 Å². The zero-order valence-corrected chi connectivity index (χ0v) is 11.9. The molecule has 100 valence electrons. The molecule has 0 fully saturated rings. The number of aliphatic hydroxyl groups is 1. The molecule has 0 aliphatic rings. The molecule has 1 atom stereocenters. The minimum atomic E-state index is -1.66. The fourth-order valence-electron chi connectivity index (χ4n) is 1.44. The molecule has 5 nitrogen and oxygen atoms in total. The van der Waals surface area contributed by atoms with Crippen molar-refractivity contribution in [2.24, 2.45) is 0 Å². The molecule has 1 aromatic carbocycles. The van der Waals surface area contributed by atoms with Gasteiger partial charge in [0.25, 0.3) is 0 Å². The zero-order chi connectivity index (χ0) is 13.9. The van der Waals surface area contributed by atoms with Gasteiger partial charge in [0.15, 0.2) is 17.6 Å². The topological polar surface area (TPSA) is 76.0 Å². The molecule has 1 unspecified atom stereocenters. The fourth-order valence-corrected chi connectivity index (χ4v) is 1.89. The molecule has 0 amide bonds. The lowest BCUT2D eigenvalue weighted by Gasteiger charge is -2.19. The van der Waals surface area contributed by atoms with Gasteiger partial charge in [-0.3, -0.25) is 0 Å². The molecular formula is C12H15BrO5. The fraction of sp³-hybridized carbons (Fsp3) is 0.417. The van der Waals surface area contributed by atoms with E-state index < -0.39 is 12.1 Å². The minimum Gasteiger partial charge on any atom is -0.493 e. The Morgan fingerprint density at radius 2 is 2.00 bits per heavy atom. The average molecular weight is 319 g/mol. The number of benzene rings is 1.